The number of rotatable bonds is 5. The van der Waals surface area contributed by atoms with E-state index in [1.54, 1.807) is 11.3 Å². The normalized spacial score (nSPS) is 30.6. The van der Waals surface area contributed by atoms with Crippen molar-refractivity contribution in [3.63, 3.8) is 0 Å². The number of anilines is 1. The molecule has 1 N–H and O–H groups in total. The molecule has 2 aromatic heterocycles. The Morgan fingerprint density at radius 1 is 1.21 bits per heavy atom. The average molecular weight is 416 g/mol. The molecule has 3 heterocycles. The summed E-state index contributed by atoms with van der Waals surface area (Å²) in [6, 6.07) is 2.58. The molecule has 2 saturated carbocycles. The smallest absolute Gasteiger partial charge is 0.223 e. The highest BCUT2D eigenvalue weighted by molar-refractivity contribution is 7.17. The van der Waals surface area contributed by atoms with Crippen LogP contribution in [0.5, 0.6) is 0 Å². The van der Waals surface area contributed by atoms with Gasteiger partial charge in [-0.15, -0.1) is 11.3 Å². The van der Waals surface area contributed by atoms with Gasteiger partial charge in [-0.1, -0.05) is 6.92 Å². The van der Waals surface area contributed by atoms with Crippen LogP contribution >= 0.6 is 11.3 Å². The van der Waals surface area contributed by atoms with Crippen molar-refractivity contribution < 1.29 is 4.79 Å². The number of thiophene rings is 1. The predicted molar refractivity (Wildman–Crippen MR) is 118 cm³/mol. The molecule has 5 rings (SSSR count). The van der Waals surface area contributed by atoms with Gasteiger partial charge in [0.15, 0.2) is 5.82 Å². The van der Waals surface area contributed by atoms with Gasteiger partial charge in [-0.3, -0.25) is 14.4 Å². The molecule has 2 atom stereocenters. The Kier molecular flexibility index (Phi) is 5.28. The molecule has 0 bridgehead atoms. The summed E-state index contributed by atoms with van der Waals surface area (Å²) in [5.41, 5.74) is 1.23. The van der Waals surface area contributed by atoms with Crippen molar-refractivity contribution in [2.45, 2.75) is 45.1 Å². The van der Waals surface area contributed by atoms with Crippen LogP contribution in [-0.2, 0) is 11.8 Å². The highest BCUT2D eigenvalue weighted by atomic mass is 32.1. The fourth-order valence-electron chi connectivity index (χ4n) is 5.13. The molecule has 0 spiro atoms. The number of aromatic nitrogens is 2. The lowest BCUT2D eigenvalue weighted by molar-refractivity contribution is -0.123. The third-order valence-electron chi connectivity index (χ3n) is 7.23. The van der Waals surface area contributed by atoms with Crippen molar-refractivity contribution in [2.24, 2.45) is 24.8 Å². The van der Waals surface area contributed by atoms with Crippen LogP contribution in [0.25, 0.3) is 10.2 Å². The van der Waals surface area contributed by atoms with Gasteiger partial charge in [0.25, 0.3) is 0 Å². The minimum atomic E-state index is 0.258. The van der Waals surface area contributed by atoms with Gasteiger partial charge in [-0.05, 0) is 55.4 Å². The molecule has 158 valence electrons. The third-order valence-corrected chi connectivity index (χ3v) is 8.13. The van der Waals surface area contributed by atoms with E-state index in [0.29, 0.717) is 17.9 Å². The van der Waals surface area contributed by atoms with Crippen molar-refractivity contribution in [3.8, 4) is 0 Å². The molecule has 1 saturated heterocycles. The second-order valence-electron chi connectivity index (χ2n) is 9.44. The Balaban J connectivity index is 1.08. The first kappa shape index (κ1) is 19.4. The summed E-state index contributed by atoms with van der Waals surface area (Å²) in [6.07, 6.45) is 5.93. The van der Waals surface area contributed by atoms with Crippen molar-refractivity contribution in [2.75, 3.05) is 37.6 Å². The van der Waals surface area contributed by atoms with Crippen LogP contribution in [0.3, 0.4) is 0 Å². The van der Waals surface area contributed by atoms with Crippen LogP contribution in [0, 0.1) is 17.8 Å². The zero-order valence-electron chi connectivity index (χ0n) is 17.6. The molecule has 2 aromatic rings. The quantitative estimate of drug-likeness (QED) is 0.815. The highest BCUT2D eigenvalue weighted by Crippen LogP contribution is 2.40. The van der Waals surface area contributed by atoms with Gasteiger partial charge in [0.2, 0.25) is 5.91 Å². The summed E-state index contributed by atoms with van der Waals surface area (Å²) < 4.78 is 3.30. The molecule has 1 amide bonds. The molecular weight excluding hydrogens is 382 g/mol. The molecule has 3 aliphatic rings. The maximum atomic E-state index is 12.6. The monoisotopic (exact) mass is 415 g/mol. The summed E-state index contributed by atoms with van der Waals surface area (Å²) in [7, 11) is 2.03. The second-order valence-corrected chi connectivity index (χ2v) is 10.4. The molecule has 29 heavy (non-hydrogen) atoms. The topological polar surface area (TPSA) is 53.4 Å². The molecule has 2 aliphatic carbocycles. The first-order valence-corrected chi connectivity index (χ1v) is 12.1. The lowest BCUT2D eigenvalue weighted by atomic mass is 9.87. The van der Waals surface area contributed by atoms with Crippen LogP contribution in [-0.4, -0.2) is 59.4 Å². The summed E-state index contributed by atoms with van der Waals surface area (Å²) in [5.74, 6) is 3.11. The van der Waals surface area contributed by atoms with E-state index in [4.69, 9.17) is 5.10 Å². The standard InChI is InChI=1S/C22H33N5OS/c1-15-3-5-17(6-4-15)23-22(28)18-13-16(18)14-26-8-10-27(11-9-26)21-20-19(7-12-29-20)25(2)24-21/h7,12,15-18H,3-6,8-11,13-14H2,1-2H3,(H,23,28)/t15-,16?,17-,18-/m1/s1. The molecule has 3 fully saturated rings. The summed E-state index contributed by atoms with van der Waals surface area (Å²) >= 11 is 1.78. The van der Waals surface area contributed by atoms with Gasteiger partial charge < -0.3 is 10.2 Å². The number of amides is 1. The van der Waals surface area contributed by atoms with Gasteiger partial charge in [-0.25, -0.2) is 0 Å². The average Bonchev–Trinajstić information content (AvgIpc) is 3.18. The SMILES string of the molecule is Cn1nc(N2CCN(CC3C[C@H]3C(=O)N[C@H]3CC[C@H](C)CC3)CC2)c2sccc21. The Morgan fingerprint density at radius 2 is 1.97 bits per heavy atom. The molecule has 0 radical (unpaired) electrons. The Labute approximate surface area is 177 Å². The van der Waals surface area contributed by atoms with Gasteiger partial charge in [0.05, 0.1) is 10.2 Å². The molecule has 6 nitrogen and oxygen atoms in total. The van der Waals surface area contributed by atoms with E-state index in [0.717, 1.165) is 63.7 Å². The van der Waals surface area contributed by atoms with Crippen LogP contribution in [0.4, 0.5) is 5.82 Å². The second kappa shape index (κ2) is 7.91. The van der Waals surface area contributed by atoms with Crippen LogP contribution in [0.2, 0.25) is 0 Å². The van der Waals surface area contributed by atoms with Gasteiger partial charge >= 0.3 is 0 Å². The number of fused-ring (bicyclic) bond motifs is 1. The molecule has 7 heteroatoms. The summed E-state index contributed by atoms with van der Waals surface area (Å²) in [4.78, 5) is 17.6. The zero-order valence-corrected chi connectivity index (χ0v) is 18.5. The van der Waals surface area contributed by atoms with E-state index in [1.165, 1.54) is 23.1 Å². The lowest BCUT2D eigenvalue weighted by Gasteiger charge is -2.35. The van der Waals surface area contributed by atoms with Crippen LogP contribution in [0.1, 0.15) is 39.0 Å². The maximum Gasteiger partial charge on any atom is 0.223 e. The number of aryl methyl sites for hydroxylation is 1. The number of hydrogen-bond acceptors (Lipinski definition) is 5. The Morgan fingerprint density at radius 3 is 2.72 bits per heavy atom. The van der Waals surface area contributed by atoms with E-state index < -0.39 is 0 Å². The van der Waals surface area contributed by atoms with Gasteiger partial charge in [0.1, 0.15) is 0 Å². The van der Waals surface area contributed by atoms with Crippen molar-refractivity contribution >= 4 is 33.3 Å². The van der Waals surface area contributed by atoms with Gasteiger partial charge in [-0.2, -0.15) is 5.10 Å². The first-order valence-electron chi connectivity index (χ1n) is 11.3. The molecule has 1 unspecified atom stereocenters. The number of carbonyl (C=O) groups excluding carboxylic acids is 1. The predicted octanol–water partition coefficient (Wildman–Crippen LogP) is 3.09. The van der Waals surface area contributed by atoms with E-state index in [-0.39, 0.29) is 5.92 Å². The van der Waals surface area contributed by atoms with E-state index in [9.17, 15) is 4.79 Å². The maximum absolute atomic E-state index is 12.6. The van der Waals surface area contributed by atoms with Gasteiger partial charge in [0, 0.05) is 51.7 Å². The minimum Gasteiger partial charge on any atom is -0.353 e. The van der Waals surface area contributed by atoms with E-state index in [2.05, 4.69) is 33.5 Å². The highest BCUT2D eigenvalue weighted by Gasteiger charge is 2.44. The van der Waals surface area contributed by atoms with E-state index >= 15 is 0 Å². The number of nitrogens with one attached hydrogen (secondary N) is 1. The first-order chi connectivity index (χ1) is 14.1. The fraction of sp³-hybridized carbons (Fsp3) is 0.727. The lowest BCUT2D eigenvalue weighted by Crippen LogP contribution is -2.47. The van der Waals surface area contributed by atoms with Crippen LogP contribution < -0.4 is 10.2 Å². The largest absolute Gasteiger partial charge is 0.353 e. The Bertz CT molecular complexity index is 860. The van der Waals surface area contributed by atoms with Crippen molar-refractivity contribution in [1.82, 2.24) is 20.0 Å². The van der Waals surface area contributed by atoms with Crippen molar-refractivity contribution in [1.29, 1.82) is 0 Å². The number of hydrogen-bond donors (Lipinski definition) is 1. The zero-order chi connectivity index (χ0) is 20.0. The minimum absolute atomic E-state index is 0.258. The van der Waals surface area contributed by atoms with Crippen LogP contribution in [0.15, 0.2) is 11.4 Å². The van der Waals surface area contributed by atoms with Crippen molar-refractivity contribution in [3.05, 3.63) is 11.4 Å². The van der Waals surface area contributed by atoms with E-state index in [1.807, 2.05) is 11.7 Å². The Hall–Kier alpha value is -1.60. The number of piperazine rings is 1. The number of carbonyl (C=O) groups is 1. The molecule has 0 aromatic carbocycles. The molecule has 1 aliphatic heterocycles. The summed E-state index contributed by atoms with van der Waals surface area (Å²) in [5, 5.41) is 10.2. The number of nitrogens with zero attached hydrogens (tertiary/aromatic N) is 4. The molecular formula is C22H33N5OS. The summed E-state index contributed by atoms with van der Waals surface area (Å²) in [6.45, 7) is 7.57. The fourth-order valence-corrected chi connectivity index (χ4v) is 6.06. The third kappa shape index (κ3) is 4.04.